The summed E-state index contributed by atoms with van der Waals surface area (Å²) >= 11 is 0. The molecule has 0 radical (unpaired) electrons. The molecule has 0 aliphatic heterocycles. The van der Waals surface area contributed by atoms with Crippen molar-refractivity contribution < 1.29 is 8.42 Å². The molecule has 0 aliphatic carbocycles. The summed E-state index contributed by atoms with van der Waals surface area (Å²) in [6, 6.07) is 6.57. The second kappa shape index (κ2) is 5.97. The van der Waals surface area contributed by atoms with E-state index in [0.717, 1.165) is 23.5 Å². The van der Waals surface area contributed by atoms with Crippen LogP contribution in [0.15, 0.2) is 35.4 Å². The van der Waals surface area contributed by atoms with Gasteiger partial charge in [-0.2, -0.15) is 0 Å². The Morgan fingerprint density at radius 1 is 1.29 bits per heavy atom. The van der Waals surface area contributed by atoms with Crippen molar-refractivity contribution in [2.45, 2.75) is 24.3 Å². The molecule has 2 aromatic rings. The second-order valence-corrected chi connectivity index (χ2v) is 7.16. The molecule has 6 nitrogen and oxygen atoms in total. The van der Waals surface area contributed by atoms with Gasteiger partial charge >= 0.3 is 0 Å². The van der Waals surface area contributed by atoms with E-state index < -0.39 is 10.0 Å². The summed E-state index contributed by atoms with van der Waals surface area (Å²) in [4.78, 5) is 7.69. The fraction of sp³-hybridized carbons (Fsp3) is 0.357. The van der Waals surface area contributed by atoms with Gasteiger partial charge in [0.05, 0.1) is 22.8 Å². The highest BCUT2D eigenvalue weighted by Gasteiger charge is 2.17. The fourth-order valence-corrected chi connectivity index (χ4v) is 2.78. The first-order valence-electron chi connectivity index (χ1n) is 6.69. The molecule has 0 fully saturated rings. The van der Waals surface area contributed by atoms with Crippen molar-refractivity contribution in [1.29, 1.82) is 0 Å². The Bertz CT molecular complexity index is 705. The summed E-state index contributed by atoms with van der Waals surface area (Å²) in [5.74, 6) is 0.734. The smallest absolute Gasteiger partial charge is 0.242 e. The van der Waals surface area contributed by atoms with Crippen molar-refractivity contribution in [2.75, 3.05) is 14.1 Å². The first-order valence-corrected chi connectivity index (χ1v) is 8.13. The summed E-state index contributed by atoms with van der Waals surface area (Å²) in [5, 5.41) is 0. The van der Waals surface area contributed by atoms with Crippen LogP contribution in [0.2, 0.25) is 0 Å². The Labute approximate surface area is 125 Å². The van der Waals surface area contributed by atoms with Gasteiger partial charge in [-0.05, 0) is 24.1 Å². The lowest BCUT2D eigenvalue weighted by Crippen LogP contribution is -2.22. The van der Waals surface area contributed by atoms with Gasteiger partial charge in [-0.25, -0.2) is 17.7 Å². The van der Waals surface area contributed by atoms with Gasteiger partial charge in [-0.1, -0.05) is 19.1 Å². The van der Waals surface area contributed by atoms with Crippen molar-refractivity contribution in [3.05, 3.63) is 36.3 Å². The predicted octanol–water partition coefficient (Wildman–Crippen LogP) is 1.74. The Kier molecular flexibility index (Phi) is 4.46. The number of nitrogens with one attached hydrogen (secondary N) is 1. The molecule has 1 unspecified atom stereocenters. The maximum atomic E-state index is 12.0. The van der Waals surface area contributed by atoms with Crippen LogP contribution < -0.4 is 5.73 Å². The Morgan fingerprint density at radius 2 is 1.90 bits per heavy atom. The van der Waals surface area contributed by atoms with Crippen LogP contribution in [0.25, 0.3) is 11.3 Å². The molecule has 3 N–H and O–H groups in total. The highest BCUT2D eigenvalue weighted by atomic mass is 32.2. The zero-order valence-electron chi connectivity index (χ0n) is 12.4. The van der Waals surface area contributed by atoms with Gasteiger partial charge < -0.3 is 10.7 Å². The average Bonchev–Trinajstić information content (AvgIpc) is 2.96. The van der Waals surface area contributed by atoms with Crippen molar-refractivity contribution >= 4 is 10.0 Å². The highest BCUT2D eigenvalue weighted by Crippen LogP contribution is 2.22. The Balaban J connectivity index is 2.29. The average molecular weight is 308 g/mol. The van der Waals surface area contributed by atoms with Crippen molar-refractivity contribution in [1.82, 2.24) is 14.3 Å². The minimum absolute atomic E-state index is 0.118. The van der Waals surface area contributed by atoms with Crippen LogP contribution >= 0.6 is 0 Å². The van der Waals surface area contributed by atoms with Crippen molar-refractivity contribution in [3.63, 3.8) is 0 Å². The number of rotatable bonds is 5. The second-order valence-electron chi connectivity index (χ2n) is 5.01. The molecule has 0 saturated carbocycles. The summed E-state index contributed by atoms with van der Waals surface area (Å²) < 4.78 is 25.2. The van der Waals surface area contributed by atoms with Gasteiger partial charge in [0.1, 0.15) is 5.82 Å². The fourth-order valence-electron chi connectivity index (χ4n) is 1.88. The number of hydrogen-bond acceptors (Lipinski definition) is 4. The first-order chi connectivity index (χ1) is 9.86. The molecule has 0 spiro atoms. The van der Waals surface area contributed by atoms with E-state index in [4.69, 9.17) is 5.73 Å². The van der Waals surface area contributed by atoms with Crippen LogP contribution in [0, 0.1) is 0 Å². The Morgan fingerprint density at radius 3 is 2.43 bits per heavy atom. The number of benzene rings is 1. The number of aromatic amines is 1. The van der Waals surface area contributed by atoms with E-state index in [1.807, 2.05) is 6.92 Å². The molecule has 0 saturated heterocycles. The molecule has 1 aromatic heterocycles. The number of hydrogen-bond donors (Lipinski definition) is 2. The number of nitrogens with two attached hydrogens (primary N) is 1. The molecule has 7 heteroatoms. The number of sulfonamides is 1. The van der Waals surface area contributed by atoms with Gasteiger partial charge in [0, 0.05) is 14.1 Å². The van der Waals surface area contributed by atoms with E-state index in [2.05, 4.69) is 9.97 Å². The Hall–Kier alpha value is -1.70. The summed E-state index contributed by atoms with van der Waals surface area (Å²) in [6.07, 6.45) is 2.51. The van der Waals surface area contributed by atoms with Crippen molar-refractivity contribution in [3.8, 4) is 11.3 Å². The first kappa shape index (κ1) is 15.7. The van der Waals surface area contributed by atoms with Crippen LogP contribution in [0.4, 0.5) is 0 Å². The maximum Gasteiger partial charge on any atom is 0.242 e. The van der Waals surface area contributed by atoms with Crippen molar-refractivity contribution in [2.24, 2.45) is 5.73 Å². The molecule has 0 amide bonds. The molecular formula is C14H20N4O2S. The van der Waals surface area contributed by atoms with Gasteiger partial charge in [-0.15, -0.1) is 0 Å². The third-order valence-corrected chi connectivity index (χ3v) is 5.16. The van der Waals surface area contributed by atoms with E-state index in [0.29, 0.717) is 0 Å². The SMILES string of the molecule is CCC(N)c1ncc(-c2ccc(S(=O)(=O)N(C)C)cc2)[nH]1. The maximum absolute atomic E-state index is 12.0. The minimum atomic E-state index is -3.40. The van der Waals surface area contributed by atoms with E-state index in [9.17, 15) is 8.42 Å². The van der Waals surface area contributed by atoms with Gasteiger partial charge in [0.25, 0.3) is 0 Å². The minimum Gasteiger partial charge on any atom is -0.341 e. The van der Waals surface area contributed by atoms with E-state index in [1.165, 1.54) is 18.4 Å². The standard InChI is InChI=1S/C14H20N4O2S/c1-4-12(15)14-16-9-13(17-14)10-5-7-11(8-6-10)21(19,20)18(2)3/h5-9,12H,4,15H2,1-3H3,(H,16,17). The molecule has 0 aliphatic rings. The van der Waals surface area contributed by atoms with Crippen LogP contribution in [0.5, 0.6) is 0 Å². The molecule has 1 heterocycles. The number of nitrogens with zero attached hydrogens (tertiary/aromatic N) is 2. The predicted molar refractivity (Wildman–Crippen MR) is 82.1 cm³/mol. The van der Waals surface area contributed by atoms with Gasteiger partial charge in [-0.3, -0.25) is 0 Å². The molecule has 1 atom stereocenters. The van der Waals surface area contributed by atoms with Crippen LogP contribution in [0.1, 0.15) is 25.2 Å². The molecular weight excluding hydrogens is 288 g/mol. The van der Waals surface area contributed by atoms with Crippen LogP contribution in [0.3, 0.4) is 0 Å². The zero-order chi connectivity index (χ0) is 15.6. The molecule has 114 valence electrons. The molecule has 21 heavy (non-hydrogen) atoms. The largest absolute Gasteiger partial charge is 0.341 e. The van der Waals surface area contributed by atoms with E-state index >= 15 is 0 Å². The summed E-state index contributed by atoms with van der Waals surface area (Å²) in [5.41, 5.74) is 7.61. The third kappa shape index (κ3) is 3.15. The molecule has 1 aromatic carbocycles. The highest BCUT2D eigenvalue weighted by molar-refractivity contribution is 7.89. The quantitative estimate of drug-likeness (QED) is 0.880. The van der Waals surface area contributed by atoms with Gasteiger partial charge in [0.15, 0.2) is 0 Å². The van der Waals surface area contributed by atoms with Crippen LogP contribution in [-0.4, -0.2) is 36.8 Å². The van der Waals surface area contributed by atoms with E-state index in [1.54, 1.807) is 30.5 Å². The lowest BCUT2D eigenvalue weighted by Gasteiger charge is -2.11. The summed E-state index contributed by atoms with van der Waals surface area (Å²) in [6.45, 7) is 1.99. The van der Waals surface area contributed by atoms with Gasteiger partial charge in [0.2, 0.25) is 10.0 Å². The molecule has 0 bridgehead atoms. The normalized spacial score (nSPS) is 13.6. The number of aromatic nitrogens is 2. The lowest BCUT2D eigenvalue weighted by atomic mass is 10.2. The topological polar surface area (TPSA) is 92.1 Å². The summed E-state index contributed by atoms with van der Waals surface area (Å²) in [7, 11) is -0.380. The van der Waals surface area contributed by atoms with E-state index in [-0.39, 0.29) is 10.9 Å². The number of imidazole rings is 1. The lowest BCUT2D eigenvalue weighted by molar-refractivity contribution is 0.521. The third-order valence-electron chi connectivity index (χ3n) is 3.33. The van der Waals surface area contributed by atoms with Crippen LogP contribution in [-0.2, 0) is 10.0 Å². The monoisotopic (exact) mass is 308 g/mol. The molecule has 2 rings (SSSR count). The number of H-pyrrole nitrogens is 1. The zero-order valence-corrected chi connectivity index (χ0v) is 13.2.